The molecule has 0 unspecified atom stereocenters. The van der Waals surface area contributed by atoms with Gasteiger partial charge < -0.3 is 0 Å². The molecule has 3 aromatic carbocycles. The van der Waals surface area contributed by atoms with Crippen LogP contribution >= 0.6 is 7.41 Å². The Balaban J connectivity index is 2.05. The van der Waals surface area contributed by atoms with Crippen molar-refractivity contribution >= 4 is 18.0 Å². The topological polar surface area (TPSA) is 3.24 Å². The van der Waals surface area contributed by atoms with Gasteiger partial charge in [0.1, 0.15) is 18.0 Å². The minimum Gasteiger partial charge on any atom is -0.177 e. The monoisotopic (exact) mass is 334 g/mol. The van der Waals surface area contributed by atoms with Crippen molar-refractivity contribution in [1.29, 1.82) is 0 Å². The lowest BCUT2D eigenvalue weighted by atomic mass is 10.2. The smallest absolute Gasteiger partial charge is 0.148 e. The van der Waals surface area contributed by atoms with Crippen LogP contribution < -0.4 is 10.6 Å². The van der Waals surface area contributed by atoms with Gasteiger partial charge in [0.05, 0.1) is 6.16 Å². The van der Waals surface area contributed by atoms with E-state index in [-0.39, 0.29) is 0 Å². The molecule has 0 N–H and O–H groups in total. The van der Waals surface area contributed by atoms with Gasteiger partial charge in [-0.15, -0.1) is 0 Å². The molecule has 0 saturated heterocycles. The molecule has 0 aliphatic rings. The van der Waals surface area contributed by atoms with Gasteiger partial charge >= 0.3 is 0 Å². The van der Waals surface area contributed by atoms with E-state index in [1.54, 1.807) is 0 Å². The van der Waals surface area contributed by atoms with Gasteiger partial charge in [-0.3, -0.25) is 0 Å². The first-order chi connectivity index (χ1) is 11.7. The van der Waals surface area contributed by atoms with E-state index < -0.39 is 7.41 Å². The van der Waals surface area contributed by atoms with Gasteiger partial charge in [0.2, 0.25) is 0 Å². The fourth-order valence-electron chi connectivity index (χ4n) is 3.35. The van der Waals surface area contributed by atoms with E-state index in [9.17, 15) is 0 Å². The fraction of sp³-hybridized carbons (Fsp3) is 0.182. The molecule has 0 heterocycles. The summed E-state index contributed by atoms with van der Waals surface area (Å²) < 4.78 is 2.47. The zero-order valence-electron chi connectivity index (χ0n) is 14.5. The average Bonchev–Trinajstić information content (AvgIpc) is 2.65. The number of hydrogen-bond donors (Lipinski definition) is 0. The number of nitrogens with zero attached hydrogens (tertiary/aromatic N) is 1. The second kappa shape index (κ2) is 7.75. The highest BCUT2D eigenvalue weighted by Gasteiger charge is 2.45. The Kier molecular flexibility index (Phi) is 5.45. The maximum absolute atomic E-state index is 2.47. The Morgan fingerprint density at radius 2 is 1.04 bits per heavy atom. The summed E-state index contributed by atoms with van der Waals surface area (Å²) >= 11 is 0. The van der Waals surface area contributed by atoms with Gasteiger partial charge in [0.25, 0.3) is 0 Å². The summed E-state index contributed by atoms with van der Waals surface area (Å²) in [6.45, 7) is 0. The highest BCUT2D eigenvalue weighted by atomic mass is 31.2. The molecule has 0 aliphatic carbocycles. The lowest BCUT2D eigenvalue weighted by molar-refractivity contribution is 0.671. The molecule has 0 spiro atoms. The van der Waals surface area contributed by atoms with E-state index >= 15 is 0 Å². The van der Waals surface area contributed by atoms with E-state index in [0.29, 0.717) is 0 Å². The second-order valence-electron chi connectivity index (χ2n) is 6.25. The van der Waals surface area contributed by atoms with Crippen molar-refractivity contribution in [3.05, 3.63) is 96.6 Å². The van der Waals surface area contributed by atoms with Crippen LogP contribution in [-0.4, -0.2) is 24.9 Å². The third-order valence-electron chi connectivity index (χ3n) is 4.62. The van der Waals surface area contributed by atoms with Crippen molar-refractivity contribution in [2.75, 3.05) is 20.3 Å². The van der Waals surface area contributed by atoms with E-state index in [1.807, 2.05) is 0 Å². The molecule has 3 rings (SSSR count). The van der Waals surface area contributed by atoms with Crippen molar-refractivity contribution in [2.24, 2.45) is 0 Å². The summed E-state index contributed by atoms with van der Waals surface area (Å²) in [6, 6.07) is 32.9. The molecular formula is C22H25NP+. The van der Waals surface area contributed by atoms with Gasteiger partial charge in [-0.2, -0.15) is 4.67 Å². The zero-order valence-corrected chi connectivity index (χ0v) is 15.4. The molecule has 0 amide bonds. The van der Waals surface area contributed by atoms with E-state index in [1.165, 1.54) is 16.2 Å². The highest BCUT2D eigenvalue weighted by Crippen LogP contribution is 2.58. The summed E-state index contributed by atoms with van der Waals surface area (Å²) in [4.78, 5) is 0. The molecule has 3 aromatic rings. The quantitative estimate of drug-likeness (QED) is 0.605. The van der Waals surface area contributed by atoms with Crippen LogP contribution in [0.4, 0.5) is 0 Å². The summed E-state index contributed by atoms with van der Waals surface area (Å²) in [5.74, 6) is 0. The minimum atomic E-state index is -1.60. The Bertz CT molecular complexity index is 699. The molecule has 122 valence electrons. The molecule has 2 heteroatoms. The molecule has 0 radical (unpaired) electrons. The summed E-state index contributed by atoms with van der Waals surface area (Å²) in [5, 5.41) is 2.91. The van der Waals surface area contributed by atoms with Gasteiger partial charge in [-0.1, -0.05) is 66.7 Å². The predicted molar refractivity (Wildman–Crippen MR) is 108 cm³/mol. The fourth-order valence-corrected chi connectivity index (χ4v) is 7.40. The van der Waals surface area contributed by atoms with Crippen LogP contribution in [-0.2, 0) is 6.42 Å². The SMILES string of the molecule is CN(C)[P+](CCc1ccccc1)(c1ccccc1)c1ccccc1. The molecule has 1 nitrogen and oxygen atoms in total. The Hall–Kier alpha value is -1.95. The predicted octanol–water partition coefficient (Wildman–Crippen LogP) is 4.37. The van der Waals surface area contributed by atoms with Crippen LogP contribution in [0.15, 0.2) is 91.0 Å². The Morgan fingerprint density at radius 3 is 1.46 bits per heavy atom. The lowest BCUT2D eigenvalue weighted by Crippen LogP contribution is -2.35. The molecule has 0 aliphatic heterocycles. The van der Waals surface area contributed by atoms with Crippen molar-refractivity contribution in [1.82, 2.24) is 4.67 Å². The van der Waals surface area contributed by atoms with Gasteiger partial charge in [0, 0.05) is 20.5 Å². The van der Waals surface area contributed by atoms with Crippen molar-refractivity contribution in [2.45, 2.75) is 6.42 Å². The van der Waals surface area contributed by atoms with Gasteiger partial charge in [0.15, 0.2) is 0 Å². The maximum Gasteiger partial charge on any atom is 0.148 e. The van der Waals surface area contributed by atoms with Crippen LogP contribution in [0.1, 0.15) is 5.56 Å². The number of hydrogen-bond acceptors (Lipinski definition) is 1. The number of rotatable bonds is 6. The molecule has 0 fully saturated rings. The third-order valence-corrected chi connectivity index (χ3v) is 9.16. The summed E-state index contributed by atoms with van der Waals surface area (Å²) in [6.07, 6.45) is 2.24. The van der Waals surface area contributed by atoms with Crippen molar-refractivity contribution in [3.63, 3.8) is 0 Å². The molecule has 0 atom stereocenters. The van der Waals surface area contributed by atoms with Crippen LogP contribution in [0.25, 0.3) is 0 Å². The normalized spacial score (nSPS) is 11.6. The van der Waals surface area contributed by atoms with E-state index in [4.69, 9.17) is 0 Å². The largest absolute Gasteiger partial charge is 0.177 e. The highest BCUT2D eigenvalue weighted by molar-refractivity contribution is 7.87. The number of aryl methyl sites for hydroxylation is 1. The van der Waals surface area contributed by atoms with Crippen molar-refractivity contribution in [3.8, 4) is 0 Å². The maximum atomic E-state index is 2.47. The molecular weight excluding hydrogens is 309 g/mol. The van der Waals surface area contributed by atoms with Crippen molar-refractivity contribution < 1.29 is 0 Å². The molecule has 0 aromatic heterocycles. The van der Waals surface area contributed by atoms with Crippen LogP contribution in [0.5, 0.6) is 0 Å². The summed E-state index contributed by atoms with van der Waals surface area (Å²) in [7, 11) is 2.86. The standard InChI is InChI=1S/C22H25NP/c1-23(2)24(21-14-8-4-9-15-21,22-16-10-5-11-17-22)19-18-20-12-6-3-7-13-20/h3-17H,18-19H2,1-2H3/q+1. The first-order valence-electron chi connectivity index (χ1n) is 8.44. The first kappa shape index (κ1) is 16.9. The van der Waals surface area contributed by atoms with Crippen LogP contribution in [0.3, 0.4) is 0 Å². The molecule has 24 heavy (non-hydrogen) atoms. The van der Waals surface area contributed by atoms with Gasteiger partial charge in [-0.25, -0.2) is 0 Å². The second-order valence-corrected chi connectivity index (χ2v) is 10.1. The zero-order chi connectivity index (χ0) is 16.8. The van der Waals surface area contributed by atoms with Gasteiger partial charge in [-0.05, 0) is 29.8 Å². The minimum absolute atomic E-state index is 1.09. The van der Waals surface area contributed by atoms with E-state index in [0.717, 1.165) is 12.6 Å². The van der Waals surface area contributed by atoms with Crippen LogP contribution in [0.2, 0.25) is 0 Å². The van der Waals surface area contributed by atoms with E-state index in [2.05, 4.69) is 110 Å². The summed E-state index contributed by atoms with van der Waals surface area (Å²) in [5.41, 5.74) is 1.41. The lowest BCUT2D eigenvalue weighted by Gasteiger charge is -2.32. The molecule has 0 saturated carbocycles. The number of benzene rings is 3. The third kappa shape index (κ3) is 3.43. The van der Waals surface area contributed by atoms with Crippen LogP contribution in [0, 0.1) is 0 Å². The first-order valence-corrected chi connectivity index (χ1v) is 10.4. The molecule has 0 bridgehead atoms. The average molecular weight is 334 g/mol. The Labute approximate surface area is 146 Å². The Morgan fingerprint density at radius 1 is 0.625 bits per heavy atom.